The van der Waals surface area contributed by atoms with E-state index in [1.54, 1.807) is 25.1 Å². The van der Waals surface area contributed by atoms with E-state index in [0.29, 0.717) is 16.1 Å². The van der Waals surface area contributed by atoms with Crippen LogP contribution in [0.5, 0.6) is 0 Å². The number of rotatable bonds is 5. The van der Waals surface area contributed by atoms with Gasteiger partial charge in [0.1, 0.15) is 5.82 Å². The Hall–Kier alpha value is -1.91. The van der Waals surface area contributed by atoms with Crippen LogP contribution in [-0.2, 0) is 0 Å². The smallest absolute Gasteiger partial charge is 0.251 e. The lowest BCUT2D eigenvalue weighted by atomic mass is 10.0. The molecule has 0 aromatic heterocycles. The third-order valence-corrected chi connectivity index (χ3v) is 5.11. The molecule has 1 aliphatic rings. The van der Waals surface area contributed by atoms with E-state index in [4.69, 9.17) is 11.6 Å². The van der Waals surface area contributed by atoms with E-state index in [9.17, 15) is 9.18 Å². The average molecular weight is 375 g/mol. The molecule has 1 amide bonds. The predicted octanol–water partition coefficient (Wildman–Crippen LogP) is 4.67. The Bertz CT molecular complexity index is 803. The Morgan fingerprint density at radius 2 is 2.00 bits per heavy atom. The Labute approximate surface area is 159 Å². The SMILES string of the molecule is Cc1cc(-c2cccc(C(=O)N[C@H](C)CN3CCCC3)c2)c(Cl)cc1F. The maximum Gasteiger partial charge on any atom is 0.251 e. The molecular weight excluding hydrogens is 351 g/mol. The summed E-state index contributed by atoms with van der Waals surface area (Å²) in [7, 11) is 0. The van der Waals surface area contributed by atoms with E-state index in [1.165, 1.54) is 18.9 Å². The molecule has 2 aromatic rings. The summed E-state index contributed by atoms with van der Waals surface area (Å²) in [6, 6.07) is 10.4. The average Bonchev–Trinajstić information content (AvgIpc) is 3.11. The number of amides is 1. The van der Waals surface area contributed by atoms with Crippen molar-refractivity contribution in [2.75, 3.05) is 19.6 Å². The van der Waals surface area contributed by atoms with Crippen LogP contribution < -0.4 is 5.32 Å². The first-order valence-corrected chi connectivity index (χ1v) is 9.41. The second-order valence-corrected chi connectivity index (χ2v) is 7.45. The fourth-order valence-electron chi connectivity index (χ4n) is 3.41. The van der Waals surface area contributed by atoms with Crippen LogP contribution in [0.1, 0.15) is 35.7 Å². The number of carbonyl (C=O) groups is 1. The Kier molecular flexibility index (Phi) is 5.94. The number of benzene rings is 2. The summed E-state index contributed by atoms with van der Waals surface area (Å²) in [4.78, 5) is 15.0. The molecule has 1 fully saturated rings. The number of nitrogens with zero attached hydrogens (tertiary/aromatic N) is 1. The molecule has 138 valence electrons. The molecule has 0 radical (unpaired) electrons. The topological polar surface area (TPSA) is 32.3 Å². The molecule has 1 N–H and O–H groups in total. The zero-order valence-corrected chi connectivity index (χ0v) is 15.9. The molecule has 0 spiro atoms. The molecular formula is C21H24ClFN2O. The maximum atomic E-state index is 13.6. The van der Waals surface area contributed by atoms with Gasteiger partial charge in [-0.2, -0.15) is 0 Å². The van der Waals surface area contributed by atoms with Gasteiger partial charge < -0.3 is 10.2 Å². The number of halogens is 2. The molecule has 1 heterocycles. The van der Waals surface area contributed by atoms with Gasteiger partial charge in [0.05, 0.1) is 5.02 Å². The predicted molar refractivity (Wildman–Crippen MR) is 104 cm³/mol. The van der Waals surface area contributed by atoms with Gasteiger partial charge in [0.2, 0.25) is 0 Å². The minimum Gasteiger partial charge on any atom is -0.348 e. The van der Waals surface area contributed by atoms with Crippen molar-refractivity contribution in [3.05, 3.63) is 58.4 Å². The van der Waals surface area contributed by atoms with Crippen molar-refractivity contribution in [1.82, 2.24) is 10.2 Å². The van der Waals surface area contributed by atoms with Crippen LogP contribution in [0.3, 0.4) is 0 Å². The molecule has 1 atom stereocenters. The number of likely N-dealkylation sites (tertiary alicyclic amines) is 1. The number of hydrogen-bond acceptors (Lipinski definition) is 2. The number of aryl methyl sites for hydroxylation is 1. The van der Waals surface area contributed by atoms with E-state index in [2.05, 4.69) is 10.2 Å². The quantitative estimate of drug-likeness (QED) is 0.824. The molecule has 26 heavy (non-hydrogen) atoms. The van der Waals surface area contributed by atoms with Crippen molar-refractivity contribution in [2.24, 2.45) is 0 Å². The van der Waals surface area contributed by atoms with Crippen LogP contribution in [0.15, 0.2) is 36.4 Å². The largest absolute Gasteiger partial charge is 0.348 e. The zero-order chi connectivity index (χ0) is 18.7. The highest BCUT2D eigenvalue weighted by Crippen LogP contribution is 2.30. The molecule has 2 aromatic carbocycles. The minimum absolute atomic E-state index is 0.0842. The lowest BCUT2D eigenvalue weighted by Gasteiger charge is -2.21. The second kappa shape index (κ2) is 8.19. The lowest BCUT2D eigenvalue weighted by molar-refractivity contribution is 0.0932. The summed E-state index contributed by atoms with van der Waals surface area (Å²) in [5, 5.41) is 3.40. The molecule has 0 unspecified atom stereocenters. The Balaban J connectivity index is 1.74. The van der Waals surface area contributed by atoms with Crippen LogP contribution in [0.2, 0.25) is 5.02 Å². The Morgan fingerprint density at radius 1 is 1.27 bits per heavy atom. The van der Waals surface area contributed by atoms with E-state index < -0.39 is 0 Å². The first-order chi connectivity index (χ1) is 12.4. The van der Waals surface area contributed by atoms with Crippen LogP contribution in [0.4, 0.5) is 4.39 Å². The third kappa shape index (κ3) is 4.43. The van der Waals surface area contributed by atoms with Gasteiger partial charge in [0.25, 0.3) is 5.91 Å². The van der Waals surface area contributed by atoms with Gasteiger partial charge >= 0.3 is 0 Å². The molecule has 0 aliphatic carbocycles. The summed E-state index contributed by atoms with van der Waals surface area (Å²) in [6.45, 7) is 6.82. The Morgan fingerprint density at radius 3 is 2.73 bits per heavy atom. The van der Waals surface area contributed by atoms with Crippen LogP contribution >= 0.6 is 11.6 Å². The molecule has 0 saturated carbocycles. The summed E-state index contributed by atoms with van der Waals surface area (Å²) in [5.41, 5.74) is 2.63. The maximum absolute atomic E-state index is 13.6. The standard InChI is InChI=1S/C21H24ClFN2O/c1-14-10-18(19(22)12-20(14)23)16-6-5-7-17(11-16)21(26)24-15(2)13-25-8-3-4-9-25/h5-7,10-12,15H,3-4,8-9,13H2,1-2H3,(H,24,26)/t15-/m1/s1. The normalized spacial score (nSPS) is 15.8. The second-order valence-electron chi connectivity index (χ2n) is 7.04. The van der Waals surface area contributed by atoms with E-state index in [-0.39, 0.29) is 17.8 Å². The van der Waals surface area contributed by atoms with Gasteiger partial charge in [0, 0.05) is 23.7 Å². The summed E-state index contributed by atoms with van der Waals surface area (Å²) >= 11 is 6.20. The first kappa shape index (κ1) is 18.9. The van der Waals surface area contributed by atoms with Crippen molar-refractivity contribution in [2.45, 2.75) is 32.7 Å². The monoisotopic (exact) mass is 374 g/mol. The molecule has 0 bridgehead atoms. The summed E-state index contributed by atoms with van der Waals surface area (Å²) in [5.74, 6) is -0.433. The summed E-state index contributed by atoms with van der Waals surface area (Å²) < 4.78 is 13.6. The van der Waals surface area contributed by atoms with Crippen LogP contribution in [0, 0.1) is 12.7 Å². The zero-order valence-electron chi connectivity index (χ0n) is 15.2. The number of hydrogen-bond donors (Lipinski definition) is 1. The van der Waals surface area contributed by atoms with E-state index >= 15 is 0 Å². The van der Waals surface area contributed by atoms with E-state index in [1.807, 2.05) is 19.1 Å². The van der Waals surface area contributed by atoms with E-state index in [0.717, 1.165) is 30.8 Å². The van der Waals surface area contributed by atoms with Crippen molar-refractivity contribution in [3.63, 3.8) is 0 Å². The van der Waals surface area contributed by atoms with Gasteiger partial charge in [-0.05, 0) is 75.2 Å². The van der Waals surface area contributed by atoms with Crippen molar-refractivity contribution >= 4 is 17.5 Å². The molecule has 5 heteroatoms. The fraction of sp³-hybridized carbons (Fsp3) is 0.381. The van der Waals surface area contributed by atoms with Gasteiger partial charge in [0.15, 0.2) is 0 Å². The highest BCUT2D eigenvalue weighted by Gasteiger charge is 2.17. The highest BCUT2D eigenvalue weighted by molar-refractivity contribution is 6.33. The van der Waals surface area contributed by atoms with Gasteiger partial charge in [-0.1, -0.05) is 23.7 Å². The fourth-order valence-corrected chi connectivity index (χ4v) is 3.67. The highest BCUT2D eigenvalue weighted by atomic mass is 35.5. The van der Waals surface area contributed by atoms with Gasteiger partial charge in [-0.25, -0.2) is 4.39 Å². The van der Waals surface area contributed by atoms with Crippen molar-refractivity contribution < 1.29 is 9.18 Å². The molecule has 3 rings (SSSR count). The first-order valence-electron chi connectivity index (χ1n) is 9.03. The lowest BCUT2D eigenvalue weighted by Crippen LogP contribution is -2.41. The summed E-state index contributed by atoms with van der Waals surface area (Å²) in [6.07, 6.45) is 2.47. The van der Waals surface area contributed by atoms with Crippen LogP contribution in [-0.4, -0.2) is 36.5 Å². The van der Waals surface area contributed by atoms with Crippen molar-refractivity contribution in [3.8, 4) is 11.1 Å². The molecule has 3 nitrogen and oxygen atoms in total. The molecule has 1 saturated heterocycles. The van der Waals surface area contributed by atoms with Gasteiger partial charge in [-0.15, -0.1) is 0 Å². The molecule has 1 aliphatic heterocycles. The number of nitrogens with one attached hydrogen (secondary N) is 1. The van der Waals surface area contributed by atoms with Crippen LogP contribution in [0.25, 0.3) is 11.1 Å². The minimum atomic E-state index is -0.330. The third-order valence-electron chi connectivity index (χ3n) is 4.79. The van der Waals surface area contributed by atoms with Crippen molar-refractivity contribution in [1.29, 1.82) is 0 Å². The number of carbonyl (C=O) groups excluding carboxylic acids is 1. The van der Waals surface area contributed by atoms with Gasteiger partial charge in [-0.3, -0.25) is 4.79 Å².